The van der Waals surface area contributed by atoms with Crippen molar-refractivity contribution in [2.24, 2.45) is 10.8 Å². The van der Waals surface area contributed by atoms with Gasteiger partial charge in [0, 0.05) is 29.4 Å². The first-order valence-electron chi connectivity index (χ1n) is 10.1. The van der Waals surface area contributed by atoms with Crippen molar-refractivity contribution in [3.63, 3.8) is 0 Å². The van der Waals surface area contributed by atoms with Crippen molar-refractivity contribution in [3.8, 4) is 0 Å². The maximum Gasteiger partial charge on any atom is 0.331 e. The van der Waals surface area contributed by atoms with Crippen molar-refractivity contribution in [2.75, 3.05) is 6.61 Å². The highest BCUT2D eigenvalue weighted by Crippen LogP contribution is 2.71. The minimum Gasteiger partial charge on any atom is -0.478 e. The largest absolute Gasteiger partial charge is 0.478 e. The van der Waals surface area contributed by atoms with Crippen LogP contribution in [0.3, 0.4) is 0 Å². The van der Waals surface area contributed by atoms with Crippen LogP contribution in [0.15, 0.2) is 48.1 Å². The van der Waals surface area contributed by atoms with E-state index in [0.717, 1.165) is 18.9 Å². The molecule has 1 N–H and O–H groups in total. The molecule has 4 aliphatic rings. The van der Waals surface area contributed by atoms with E-state index in [4.69, 9.17) is 19.3 Å². The summed E-state index contributed by atoms with van der Waals surface area (Å²) in [5, 5.41) is 8.54. The van der Waals surface area contributed by atoms with Crippen LogP contribution in [-0.2, 0) is 23.8 Å². The zero-order valence-electron chi connectivity index (χ0n) is 17.1. The molecular weight excluding hydrogens is 372 g/mol. The number of epoxide rings is 1. The van der Waals surface area contributed by atoms with Gasteiger partial charge in [0.05, 0.1) is 18.8 Å². The van der Waals surface area contributed by atoms with Crippen molar-refractivity contribution >= 4 is 11.9 Å². The molecule has 0 unspecified atom stereocenters. The predicted molar refractivity (Wildman–Crippen MR) is 106 cm³/mol. The average molecular weight is 400 g/mol. The Bertz CT molecular complexity index is 832. The molecule has 156 valence electrons. The fourth-order valence-electron chi connectivity index (χ4n) is 5.60. The molecule has 2 heterocycles. The lowest BCUT2D eigenvalue weighted by molar-refractivity contribution is -0.209. The van der Waals surface area contributed by atoms with Crippen LogP contribution < -0.4 is 0 Å². The van der Waals surface area contributed by atoms with Gasteiger partial charge in [0.1, 0.15) is 11.7 Å². The van der Waals surface area contributed by atoms with Crippen molar-refractivity contribution in [1.29, 1.82) is 0 Å². The summed E-state index contributed by atoms with van der Waals surface area (Å²) < 4.78 is 18.4. The monoisotopic (exact) mass is 400 g/mol. The molecule has 0 aromatic carbocycles. The number of hydrogen-bond acceptors (Lipinski definition) is 5. The van der Waals surface area contributed by atoms with Crippen molar-refractivity contribution in [3.05, 3.63) is 48.1 Å². The van der Waals surface area contributed by atoms with Crippen LogP contribution in [0, 0.1) is 10.8 Å². The lowest BCUT2D eigenvalue weighted by Gasteiger charge is -2.57. The van der Waals surface area contributed by atoms with E-state index in [-0.39, 0.29) is 34.7 Å². The molecule has 3 fully saturated rings. The summed E-state index contributed by atoms with van der Waals surface area (Å²) in [6.07, 6.45) is 13.0. The number of esters is 1. The fraction of sp³-hybridized carbons (Fsp3) is 0.565. The fourth-order valence-corrected chi connectivity index (χ4v) is 5.60. The summed E-state index contributed by atoms with van der Waals surface area (Å²) in [7, 11) is 0. The SMILES string of the molecule is CC1=C[C@H]2O[C@@H]3C[C@@H](OC(=O)/C=C/C=C\C=C\C(=O)O)[C@](C)([C@@]2(C)CC1)[C@]31CO1. The average Bonchev–Trinajstić information content (AvgIpc) is 3.43. The van der Waals surface area contributed by atoms with Gasteiger partial charge in [-0.3, -0.25) is 0 Å². The molecule has 0 amide bonds. The molecule has 1 spiro atoms. The van der Waals surface area contributed by atoms with Crippen molar-refractivity contribution < 1.29 is 28.9 Å². The number of ether oxygens (including phenoxy) is 3. The van der Waals surface area contributed by atoms with Gasteiger partial charge in [0.2, 0.25) is 0 Å². The summed E-state index contributed by atoms with van der Waals surface area (Å²) >= 11 is 0. The Morgan fingerprint density at radius 3 is 2.55 bits per heavy atom. The van der Waals surface area contributed by atoms with Crippen LogP contribution in [0.1, 0.15) is 40.0 Å². The highest BCUT2D eigenvalue weighted by atomic mass is 16.6. The van der Waals surface area contributed by atoms with Gasteiger partial charge in [-0.2, -0.15) is 0 Å². The normalized spacial score (nSPS) is 43.1. The number of carbonyl (C=O) groups excluding carboxylic acids is 1. The van der Waals surface area contributed by atoms with E-state index in [0.29, 0.717) is 13.0 Å². The lowest BCUT2D eigenvalue weighted by Crippen LogP contribution is -2.63. The molecule has 2 aliphatic heterocycles. The van der Waals surface area contributed by atoms with Gasteiger partial charge in [-0.25, -0.2) is 9.59 Å². The van der Waals surface area contributed by atoms with Gasteiger partial charge >= 0.3 is 11.9 Å². The standard InChI is InChI=1S/C23H28O6/c1-15-10-11-21(2)16(12-15)28-18-13-17(22(21,3)23(18)14-27-23)29-20(26)9-7-5-4-6-8-19(24)25/h4-9,12,16-18H,10-11,13-14H2,1-3H3,(H,24,25)/b5-4-,8-6+,9-7+/t16-,17-,18-,21+,22-,23+/m1/s1. The topological polar surface area (TPSA) is 85.4 Å². The van der Waals surface area contributed by atoms with E-state index >= 15 is 0 Å². The first kappa shape index (κ1) is 20.1. The number of aliphatic carboxylic acids is 1. The molecule has 2 bridgehead atoms. The van der Waals surface area contributed by atoms with E-state index in [1.54, 1.807) is 18.2 Å². The van der Waals surface area contributed by atoms with E-state index in [9.17, 15) is 9.59 Å². The molecule has 4 rings (SSSR count). The number of carboxylic acids is 1. The molecule has 0 radical (unpaired) electrons. The molecule has 0 aromatic heterocycles. The highest BCUT2D eigenvalue weighted by molar-refractivity contribution is 5.82. The summed E-state index contributed by atoms with van der Waals surface area (Å²) in [5.74, 6) is -1.43. The Morgan fingerprint density at radius 2 is 1.90 bits per heavy atom. The minimum absolute atomic E-state index is 0.0178. The van der Waals surface area contributed by atoms with Crippen LogP contribution in [0.2, 0.25) is 0 Å². The van der Waals surface area contributed by atoms with Gasteiger partial charge in [-0.15, -0.1) is 0 Å². The molecule has 2 saturated heterocycles. The maximum absolute atomic E-state index is 12.5. The third kappa shape index (κ3) is 3.01. The van der Waals surface area contributed by atoms with Gasteiger partial charge in [-0.05, 0) is 19.8 Å². The summed E-state index contributed by atoms with van der Waals surface area (Å²) in [6.45, 7) is 7.26. The van der Waals surface area contributed by atoms with Crippen LogP contribution in [0.25, 0.3) is 0 Å². The van der Waals surface area contributed by atoms with E-state index in [1.807, 2.05) is 0 Å². The van der Waals surface area contributed by atoms with Crippen LogP contribution in [-0.4, -0.2) is 47.6 Å². The molecular formula is C23H28O6. The number of allylic oxidation sites excluding steroid dienone is 5. The Balaban J connectivity index is 1.51. The Kier molecular flexibility index (Phi) is 4.82. The molecule has 1 saturated carbocycles. The molecule has 2 aliphatic carbocycles. The third-order valence-electron chi connectivity index (χ3n) is 7.59. The third-order valence-corrected chi connectivity index (χ3v) is 7.59. The first-order chi connectivity index (χ1) is 13.7. The molecule has 6 nitrogen and oxygen atoms in total. The summed E-state index contributed by atoms with van der Waals surface area (Å²) in [6, 6.07) is 0. The quantitative estimate of drug-likeness (QED) is 0.250. The highest BCUT2D eigenvalue weighted by Gasteiger charge is 2.81. The van der Waals surface area contributed by atoms with E-state index in [1.165, 1.54) is 17.7 Å². The lowest BCUT2D eigenvalue weighted by atomic mass is 9.52. The molecule has 0 aromatic rings. The maximum atomic E-state index is 12.5. The summed E-state index contributed by atoms with van der Waals surface area (Å²) in [4.78, 5) is 22.9. The molecule has 6 heteroatoms. The zero-order chi connectivity index (χ0) is 20.9. The Labute approximate surface area is 170 Å². The second-order valence-corrected chi connectivity index (χ2v) is 8.96. The Morgan fingerprint density at radius 1 is 1.21 bits per heavy atom. The van der Waals surface area contributed by atoms with Gasteiger partial charge in [0.25, 0.3) is 0 Å². The smallest absolute Gasteiger partial charge is 0.331 e. The zero-order valence-corrected chi connectivity index (χ0v) is 17.1. The van der Waals surface area contributed by atoms with Crippen LogP contribution >= 0.6 is 0 Å². The second kappa shape index (κ2) is 6.96. The molecule has 6 atom stereocenters. The number of rotatable bonds is 5. The predicted octanol–water partition coefficient (Wildman–Crippen LogP) is 3.34. The van der Waals surface area contributed by atoms with Gasteiger partial charge in [-0.1, -0.05) is 49.8 Å². The van der Waals surface area contributed by atoms with Crippen LogP contribution in [0.4, 0.5) is 0 Å². The van der Waals surface area contributed by atoms with Crippen molar-refractivity contribution in [1.82, 2.24) is 0 Å². The summed E-state index contributed by atoms with van der Waals surface area (Å²) in [5.41, 5.74) is 0.525. The second-order valence-electron chi connectivity index (χ2n) is 8.96. The number of carboxylic acid groups (broad SMARTS) is 1. The van der Waals surface area contributed by atoms with Gasteiger partial charge < -0.3 is 19.3 Å². The number of hydrogen-bond donors (Lipinski definition) is 1. The molecule has 29 heavy (non-hydrogen) atoms. The van der Waals surface area contributed by atoms with Crippen molar-refractivity contribution in [2.45, 2.75) is 63.9 Å². The van der Waals surface area contributed by atoms with Gasteiger partial charge in [0.15, 0.2) is 0 Å². The van der Waals surface area contributed by atoms with E-state index in [2.05, 4.69) is 26.8 Å². The number of carbonyl (C=O) groups is 2. The Hall–Kier alpha value is -2.18. The minimum atomic E-state index is -1.02. The first-order valence-corrected chi connectivity index (χ1v) is 10.1. The number of fused-ring (bicyclic) bond motifs is 2. The van der Waals surface area contributed by atoms with E-state index < -0.39 is 11.9 Å². The van der Waals surface area contributed by atoms with Crippen LogP contribution in [0.5, 0.6) is 0 Å².